The summed E-state index contributed by atoms with van der Waals surface area (Å²) in [6.07, 6.45) is 1.63. The van der Waals surface area contributed by atoms with Gasteiger partial charge in [0.1, 0.15) is 0 Å². The van der Waals surface area contributed by atoms with Crippen LogP contribution in [0.2, 0.25) is 10.0 Å². The second kappa shape index (κ2) is 8.04. The van der Waals surface area contributed by atoms with E-state index in [4.69, 9.17) is 38.4 Å². The van der Waals surface area contributed by atoms with Crippen LogP contribution in [0.15, 0.2) is 46.3 Å². The number of hydrogen-bond acceptors (Lipinski definition) is 6. The quantitative estimate of drug-likeness (QED) is 0.451. The van der Waals surface area contributed by atoms with Crippen molar-refractivity contribution in [3.8, 4) is 11.5 Å². The van der Waals surface area contributed by atoms with Crippen LogP contribution in [0.1, 0.15) is 15.9 Å². The fraction of sp³-hybridized carbons (Fsp3) is 0.0556. The van der Waals surface area contributed by atoms with Crippen molar-refractivity contribution < 1.29 is 19.1 Å². The van der Waals surface area contributed by atoms with Crippen LogP contribution in [0, 0.1) is 0 Å². The number of carbonyl (C=O) groups excluding carboxylic acids is 2. The zero-order valence-corrected chi connectivity index (χ0v) is 16.2. The molecule has 0 atom stereocenters. The Morgan fingerprint density at radius 3 is 2.59 bits per heavy atom. The van der Waals surface area contributed by atoms with Crippen LogP contribution >= 0.6 is 35.0 Å². The number of carbonyl (C=O) groups is 2. The van der Waals surface area contributed by atoms with E-state index in [0.29, 0.717) is 21.2 Å². The van der Waals surface area contributed by atoms with Crippen molar-refractivity contribution in [3.05, 3.63) is 62.5 Å². The maximum atomic E-state index is 12.4. The van der Waals surface area contributed by atoms with Crippen molar-refractivity contribution in [2.75, 3.05) is 7.11 Å². The molecule has 2 aromatic carbocycles. The molecule has 27 heavy (non-hydrogen) atoms. The van der Waals surface area contributed by atoms with E-state index in [2.05, 4.69) is 4.99 Å². The third-order valence-electron chi connectivity index (χ3n) is 3.48. The van der Waals surface area contributed by atoms with Crippen LogP contribution in [-0.2, 0) is 4.79 Å². The Kier molecular flexibility index (Phi) is 5.74. The number of thioether (sulfide) groups is 1. The summed E-state index contributed by atoms with van der Waals surface area (Å²) in [6, 6.07) is 9.33. The fourth-order valence-electron chi connectivity index (χ4n) is 2.25. The Morgan fingerprint density at radius 2 is 1.96 bits per heavy atom. The van der Waals surface area contributed by atoms with E-state index in [1.165, 1.54) is 19.2 Å². The Bertz CT molecular complexity index is 1000. The second-order valence-electron chi connectivity index (χ2n) is 5.29. The van der Waals surface area contributed by atoms with Gasteiger partial charge in [-0.2, -0.15) is 4.99 Å². The van der Waals surface area contributed by atoms with Crippen LogP contribution in [-0.4, -0.2) is 24.2 Å². The van der Waals surface area contributed by atoms with Gasteiger partial charge in [0, 0.05) is 5.02 Å². The third-order valence-corrected chi connectivity index (χ3v) is 4.84. The molecule has 6 nitrogen and oxygen atoms in total. The number of methoxy groups -OCH3 is 1. The minimum Gasteiger partial charge on any atom is -0.493 e. The number of halogens is 2. The zero-order chi connectivity index (χ0) is 19.6. The third kappa shape index (κ3) is 4.44. The summed E-state index contributed by atoms with van der Waals surface area (Å²) >= 11 is 12.9. The number of benzene rings is 2. The number of nitrogens with zero attached hydrogens (tertiary/aromatic N) is 1. The van der Waals surface area contributed by atoms with Gasteiger partial charge < -0.3 is 15.2 Å². The number of ether oxygens (including phenoxy) is 2. The number of esters is 1. The van der Waals surface area contributed by atoms with E-state index in [-0.39, 0.29) is 21.5 Å². The molecule has 2 N–H and O–H groups in total. The summed E-state index contributed by atoms with van der Waals surface area (Å²) in [5, 5.41) is 0.793. The summed E-state index contributed by atoms with van der Waals surface area (Å²) in [4.78, 5) is 28.1. The van der Waals surface area contributed by atoms with E-state index in [9.17, 15) is 9.59 Å². The van der Waals surface area contributed by atoms with Gasteiger partial charge in [0.25, 0.3) is 5.91 Å². The van der Waals surface area contributed by atoms with E-state index in [1.807, 2.05) is 0 Å². The van der Waals surface area contributed by atoms with E-state index in [0.717, 1.165) is 11.8 Å². The van der Waals surface area contributed by atoms with Gasteiger partial charge in [0.2, 0.25) is 0 Å². The van der Waals surface area contributed by atoms with Gasteiger partial charge in [-0.1, -0.05) is 29.3 Å². The summed E-state index contributed by atoms with van der Waals surface area (Å²) in [6.45, 7) is 0. The van der Waals surface area contributed by atoms with Gasteiger partial charge in [-0.25, -0.2) is 4.79 Å². The molecule has 0 bridgehead atoms. The largest absolute Gasteiger partial charge is 0.493 e. The summed E-state index contributed by atoms with van der Waals surface area (Å²) in [7, 11) is 1.44. The number of amides is 1. The summed E-state index contributed by atoms with van der Waals surface area (Å²) < 4.78 is 10.7. The van der Waals surface area contributed by atoms with E-state index < -0.39 is 11.9 Å². The minimum atomic E-state index is -0.649. The molecule has 0 aromatic heterocycles. The Morgan fingerprint density at radius 1 is 1.19 bits per heavy atom. The van der Waals surface area contributed by atoms with Crippen molar-refractivity contribution in [2.24, 2.45) is 10.7 Å². The number of hydrogen-bond donors (Lipinski definition) is 1. The minimum absolute atomic E-state index is 0.176. The molecule has 2 aromatic rings. The van der Waals surface area contributed by atoms with Crippen LogP contribution in [0.3, 0.4) is 0 Å². The molecule has 1 heterocycles. The highest BCUT2D eigenvalue weighted by atomic mass is 35.5. The Labute approximate surface area is 168 Å². The predicted molar refractivity (Wildman–Crippen MR) is 107 cm³/mol. The zero-order valence-electron chi connectivity index (χ0n) is 13.9. The first-order valence-corrected chi connectivity index (χ1v) is 9.08. The lowest BCUT2D eigenvalue weighted by atomic mass is 10.2. The number of rotatable bonds is 4. The van der Waals surface area contributed by atoms with Gasteiger partial charge in [-0.05, 0) is 53.7 Å². The fourth-order valence-corrected chi connectivity index (χ4v) is 3.41. The maximum absolute atomic E-state index is 12.4. The van der Waals surface area contributed by atoms with Crippen LogP contribution in [0.5, 0.6) is 11.5 Å². The molecule has 0 radical (unpaired) electrons. The number of amidine groups is 1. The van der Waals surface area contributed by atoms with Gasteiger partial charge in [0.05, 0.1) is 22.6 Å². The van der Waals surface area contributed by atoms with Crippen molar-refractivity contribution >= 4 is 58.1 Å². The monoisotopic (exact) mass is 422 g/mol. The lowest BCUT2D eigenvalue weighted by Crippen LogP contribution is -2.10. The Balaban J connectivity index is 1.83. The van der Waals surface area contributed by atoms with Crippen LogP contribution in [0.4, 0.5) is 0 Å². The highest BCUT2D eigenvalue weighted by Crippen LogP contribution is 2.33. The SMILES string of the molecule is COc1cc(/C=C2/SC(N)=NC2=O)ccc1OC(=O)c1ccc(Cl)cc1Cl. The topological polar surface area (TPSA) is 91.0 Å². The molecule has 3 rings (SSSR count). The molecule has 0 fully saturated rings. The highest BCUT2D eigenvalue weighted by Gasteiger charge is 2.20. The average Bonchev–Trinajstić information content (AvgIpc) is 2.93. The summed E-state index contributed by atoms with van der Waals surface area (Å²) in [5.74, 6) is -0.530. The second-order valence-corrected chi connectivity index (χ2v) is 7.20. The molecule has 0 saturated carbocycles. The van der Waals surface area contributed by atoms with Crippen LogP contribution in [0.25, 0.3) is 6.08 Å². The molecular weight excluding hydrogens is 411 g/mol. The van der Waals surface area contributed by atoms with E-state index in [1.54, 1.807) is 30.3 Å². The molecule has 0 saturated heterocycles. The molecule has 0 unspecified atom stereocenters. The van der Waals surface area contributed by atoms with Crippen molar-refractivity contribution in [1.29, 1.82) is 0 Å². The highest BCUT2D eigenvalue weighted by molar-refractivity contribution is 8.18. The van der Waals surface area contributed by atoms with Gasteiger partial charge in [0.15, 0.2) is 16.7 Å². The maximum Gasteiger partial charge on any atom is 0.345 e. The normalized spacial score (nSPS) is 15.0. The molecule has 0 aliphatic carbocycles. The molecule has 9 heteroatoms. The van der Waals surface area contributed by atoms with Crippen molar-refractivity contribution in [3.63, 3.8) is 0 Å². The Hall–Kier alpha value is -2.48. The molecule has 0 spiro atoms. The van der Waals surface area contributed by atoms with Gasteiger partial charge in [-0.15, -0.1) is 0 Å². The molecule has 1 aliphatic heterocycles. The first-order chi connectivity index (χ1) is 12.9. The molecule has 1 aliphatic rings. The van der Waals surface area contributed by atoms with E-state index >= 15 is 0 Å². The average molecular weight is 423 g/mol. The molecular formula is C18H12Cl2N2O4S. The number of aliphatic imine (C=N–C) groups is 1. The van der Waals surface area contributed by atoms with Crippen LogP contribution < -0.4 is 15.2 Å². The smallest absolute Gasteiger partial charge is 0.345 e. The lowest BCUT2D eigenvalue weighted by molar-refractivity contribution is -0.113. The first kappa shape index (κ1) is 19.3. The van der Waals surface area contributed by atoms with Gasteiger partial charge in [-0.3, -0.25) is 4.79 Å². The van der Waals surface area contributed by atoms with Crippen molar-refractivity contribution in [2.45, 2.75) is 0 Å². The predicted octanol–water partition coefficient (Wildman–Crippen LogP) is 4.15. The standard InChI is InChI=1S/C18H12Cl2N2O4S/c1-25-14-6-9(7-15-16(23)22-18(21)27-15)2-5-13(14)26-17(24)11-4-3-10(19)8-12(11)20/h2-8H,1H3,(H2,21,22,23)/b15-7+. The number of nitrogens with two attached hydrogens (primary N) is 1. The molecule has 138 valence electrons. The molecule has 1 amide bonds. The first-order valence-electron chi connectivity index (χ1n) is 7.50. The summed E-state index contributed by atoms with van der Waals surface area (Å²) in [5.41, 5.74) is 6.37. The van der Waals surface area contributed by atoms with Gasteiger partial charge >= 0.3 is 5.97 Å². The lowest BCUT2D eigenvalue weighted by Gasteiger charge is -2.11. The van der Waals surface area contributed by atoms with Crippen molar-refractivity contribution in [1.82, 2.24) is 0 Å².